The van der Waals surface area contributed by atoms with Crippen molar-refractivity contribution in [3.63, 3.8) is 0 Å². The minimum atomic E-state index is 0.0972. The van der Waals surface area contributed by atoms with Crippen LogP contribution in [0.15, 0.2) is 18.2 Å². The summed E-state index contributed by atoms with van der Waals surface area (Å²) in [4.78, 5) is 0. The third-order valence-electron chi connectivity index (χ3n) is 3.52. The van der Waals surface area contributed by atoms with Crippen LogP contribution < -0.4 is 10.1 Å². The van der Waals surface area contributed by atoms with Gasteiger partial charge >= 0.3 is 0 Å². The van der Waals surface area contributed by atoms with Crippen LogP contribution in [-0.4, -0.2) is 24.9 Å². The Labute approximate surface area is 133 Å². The first kappa shape index (κ1) is 16.6. The molecule has 21 heavy (non-hydrogen) atoms. The smallest absolute Gasteiger partial charge is 0.138 e. The second kappa shape index (κ2) is 7.48. The first-order valence-electron chi connectivity index (χ1n) is 7.72. The van der Waals surface area contributed by atoms with E-state index in [0.29, 0.717) is 11.6 Å². The highest BCUT2D eigenvalue weighted by Gasteiger charge is 2.15. The number of halogens is 1. The topological polar surface area (TPSA) is 30.5 Å². The van der Waals surface area contributed by atoms with Gasteiger partial charge in [-0.1, -0.05) is 17.7 Å². The Morgan fingerprint density at radius 3 is 2.76 bits per heavy atom. The quantitative estimate of drug-likeness (QED) is 0.885. The maximum absolute atomic E-state index is 6.30. The van der Waals surface area contributed by atoms with Crippen LogP contribution in [0, 0.1) is 0 Å². The Morgan fingerprint density at radius 2 is 2.14 bits per heavy atom. The summed E-state index contributed by atoms with van der Waals surface area (Å²) < 4.78 is 11.5. The molecule has 1 aliphatic rings. The van der Waals surface area contributed by atoms with Gasteiger partial charge < -0.3 is 14.8 Å². The van der Waals surface area contributed by atoms with Crippen molar-refractivity contribution in [2.24, 2.45) is 0 Å². The van der Waals surface area contributed by atoms with Crippen molar-refractivity contribution >= 4 is 11.6 Å². The zero-order chi connectivity index (χ0) is 15.3. The lowest BCUT2D eigenvalue weighted by Gasteiger charge is -2.23. The predicted molar refractivity (Wildman–Crippen MR) is 87.1 cm³/mol. The summed E-state index contributed by atoms with van der Waals surface area (Å²) in [6.07, 6.45) is 3.66. The van der Waals surface area contributed by atoms with Crippen LogP contribution in [0.5, 0.6) is 5.75 Å². The number of nitrogens with one attached hydrogen (secondary N) is 1. The van der Waals surface area contributed by atoms with E-state index in [-0.39, 0.29) is 11.6 Å². The van der Waals surface area contributed by atoms with Gasteiger partial charge in [0.2, 0.25) is 0 Å². The third-order valence-corrected chi connectivity index (χ3v) is 3.81. The van der Waals surface area contributed by atoms with Crippen molar-refractivity contribution in [3.8, 4) is 5.75 Å². The molecule has 2 rings (SSSR count). The molecule has 1 aromatic rings. The normalized spacial score (nSPS) is 19.5. The molecule has 1 aromatic carbocycles. The van der Waals surface area contributed by atoms with Gasteiger partial charge in [-0.15, -0.1) is 0 Å². The Balaban J connectivity index is 1.86. The van der Waals surface area contributed by atoms with Gasteiger partial charge in [0.05, 0.1) is 11.1 Å². The lowest BCUT2D eigenvalue weighted by Crippen LogP contribution is -2.35. The molecule has 0 bridgehead atoms. The van der Waals surface area contributed by atoms with E-state index in [1.807, 2.05) is 12.1 Å². The highest BCUT2D eigenvalue weighted by molar-refractivity contribution is 6.32. The Kier molecular flexibility index (Phi) is 5.91. The minimum Gasteiger partial charge on any atom is -0.489 e. The van der Waals surface area contributed by atoms with Gasteiger partial charge in [-0.25, -0.2) is 0 Å². The van der Waals surface area contributed by atoms with Crippen LogP contribution >= 0.6 is 11.6 Å². The summed E-state index contributed by atoms with van der Waals surface area (Å²) >= 11 is 6.30. The fourth-order valence-electron chi connectivity index (χ4n) is 2.26. The summed E-state index contributed by atoms with van der Waals surface area (Å²) in [6, 6.07) is 5.98. The van der Waals surface area contributed by atoms with E-state index in [2.05, 4.69) is 32.2 Å². The summed E-state index contributed by atoms with van der Waals surface area (Å²) in [5.41, 5.74) is 1.26. The van der Waals surface area contributed by atoms with Crippen LogP contribution in [0.3, 0.4) is 0 Å². The molecule has 0 radical (unpaired) electrons. The van der Waals surface area contributed by atoms with E-state index < -0.39 is 0 Å². The van der Waals surface area contributed by atoms with Gasteiger partial charge in [0, 0.05) is 18.7 Å². The van der Waals surface area contributed by atoms with E-state index in [4.69, 9.17) is 21.1 Å². The van der Waals surface area contributed by atoms with Gasteiger partial charge in [-0.3, -0.25) is 0 Å². The second-order valence-electron chi connectivity index (χ2n) is 6.67. The molecule has 4 heteroatoms. The molecule has 1 N–H and O–H groups in total. The van der Waals surface area contributed by atoms with E-state index >= 15 is 0 Å². The molecule has 118 valence electrons. The highest BCUT2D eigenvalue weighted by atomic mass is 35.5. The zero-order valence-corrected chi connectivity index (χ0v) is 14.0. The number of benzene rings is 1. The second-order valence-corrected chi connectivity index (χ2v) is 7.08. The molecule has 3 nitrogen and oxygen atoms in total. The maximum Gasteiger partial charge on any atom is 0.138 e. The summed E-state index contributed by atoms with van der Waals surface area (Å²) in [5.74, 6) is 0.741. The molecule has 1 fully saturated rings. The van der Waals surface area contributed by atoms with Crippen molar-refractivity contribution in [3.05, 3.63) is 28.8 Å². The van der Waals surface area contributed by atoms with Crippen molar-refractivity contribution in [2.45, 2.75) is 58.2 Å². The van der Waals surface area contributed by atoms with Crippen molar-refractivity contribution < 1.29 is 9.47 Å². The van der Waals surface area contributed by atoms with Crippen molar-refractivity contribution in [2.75, 3.05) is 13.2 Å². The molecular weight excluding hydrogens is 286 g/mol. The SMILES string of the molecule is CC(C)(C)NCc1ccc(OCC2CCCCO2)c(Cl)c1. The number of rotatable bonds is 5. The number of hydrogen-bond acceptors (Lipinski definition) is 3. The van der Waals surface area contributed by atoms with E-state index in [9.17, 15) is 0 Å². The van der Waals surface area contributed by atoms with Crippen LogP contribution in [0.2, 0.25) is 5.02 Å². The van der Waals surface area contributed by atoms with Gasteiger partial charge in [-0.2, -0.15) is 0 Å². The van der Waals surface area contributed by atoms with Gasteiger partial charge in [0.25, 0.3) is 0 Å². The average molecular weight is 312 g/mol. The summed E-state index contributed by atoms with van der Waals surface area (Å²) in [7, 11) is 0. The third kappa shape index (κ3) is 5.85. The minimum absolute atomic E-state index is 0.0972. The Morgan fingerprint density at radius 1 is 1.33 bits per heavy atom. The summed E-state index contributed by atoms with van der Waals surface area (Å²) in [5, 5.41) is 4.11. The van der Waals surface area contributed by atoms with Crippen LogP contribution in [0.4, 0.5) is 0 Å². The molecule has 0 saturated carbocycles. The van der Waals surface area contributed by atoms with E-state index in [1.165, 1.54) is 6.42 Å². The van der Waals surface area contributed by atoms with Gasteiger partial charge in [0.1, 0.15) is 12.4 Å². The van der Waals surface area contributed by atoms with Gasteiger partial charge in [0.15, 0.2) is 0 Å². The lowest BCUT2D eigenvalue weighted by molar-refractivity contribution is -0.0110. The molecule has 1 unspecified atom stereocenters. The molecule has 1 heterocycles. The molecule has 1 atom stereocenters. The lowest BCUT2D eigenvalue weighted by atomic mass is 10.1. The van der Waals surface area contributed by atoms with Crippen molar-refractivity contribution in [1.29, 1.82) is 0 Å². The van der Waals surface area contributed by atoms with Gasteiger partial charge in [-0.05, 0) is 57.7 Å². The Hall–Kier alpha value is -0.770. The zero-order valence-electron chi connectivity index (χ0n) is 13.2. The molecule has 0 aliphatic carbocycles. The monoisotopic (exact) mass is 311 g/mol. The molecule has 0 aromatic heterocycles. The predicted octanol–water partition coefficient (Wildman–Crippen LogP) is 4.18. The molecular formula is C17H26ClNO2. The van der Waals surface area contributed by atoms with E-state index in [1.54, 1.807) is 0 Å². The number of ether oxygens (including phenoxy) is 2. The first-order chi connectivity index (χ1) is 9.94. The Bertz CT molecular complexity index is 451. The van der Waals surface area contributed by atoms with Crippen molar-refractivity contribution in [1.82, 2.24) is 5.32 Å². The standard InChI is InChI=1S/C17H26ClNO2/c1-17(2,3)19-11-13-7-8-16(15(18)10-13)21-12-14-6-4-5-9-20-14/h7-8,10,14,19H,4-6,9,11-12H2,1-3H3. The largest absolute Gasteiger partial charge is 0.489 e. The highest BCUT2D eigenvalue weighted by Crippen LogP contribution is 2.26. The first-order valence-corrected chi connectivity index (χ1v) is 8.10. The molecule has 1 aliphatic heterocycles. The average Bonchev–Trinajstić information content (AvgIpc) is 2.44. The fraction of sp³-hybridized carbons (Fsp3) is 0.647. The molecule has 0 spiro atoms. The fourth-order valence-corrected chi connectivity index (χ4v) is 2.52. The van der Waals surface area contributed by atoms with Crippen LogP contribution in [-0.2, 0) is 11.3 Å². The summed E-state index contributed by atoms with van der Waals surface area (Å²) in [6.45, 7) is 8.68. The molecule has 1 saturated heterocycles. The maximum atomic E-state index is 6.30. The van der Waals surface area contributed by atoms with Crippen LogP contribution in [0.1, 0.15) is 45.6 Å². The number of hydrogen-bond donors (Lipinski definition) is 1. The van der Waals surface area contributed by atoms with E-state index in [0.717, 1.165) is 37.3 Å². The van der Waals surface area contributed by atoms with Crippen LogP contribution in [0.25, 0.3) is 0 Å². The molecule has 0 amide bonds.